The third-order valence-corrected chi connectivity index (χ3v) is 2.84. The van der Waals surface area contributed by atoms with Crippen LogP contribution in [0.1, 0.15) is 15.9 Å². The third kappa shape index (κ3) is 3.84. The molecule has 0 fully saturated rings. The first-order valence-electron chi connectivity index (χ1n) is 6.39. The van der Waals surface area contributed by atoms with Crippen LogP contribution >= 0.6 is 0 Å². The molecule has 0 saturated carbocycles. The number of esters is 1. The van der Waals surface area contributed by atoms with Gasteiger partial charge in [-0.2, -0.15) is 5.26 Å². The molecule has 6 heteroatoms. The van der Waals surface area contributed by atoms with Crippen molar-refractivity contribution in [3.8, 4) is 6.07 Å². The average molecular weight is 295 g/mol. The van der Waals surface area contributed by atoms with Crippen molar-refractivity contribution in [2.75, 3.05) is 17.7 Å². The number of nitrogens with one attached hydrogen (secondary N) is 2. The number of anilines is 2. The molecule has 0 atom stereocenters. The molecular weight excluding hydrogens is 282 g/mol. The first kappa shape index (κ1) is 15.1. The second kappa shape index (κ2) is 6.90. The molecule has 2 aromatic rings. The topological polar surface area (TPSA) is 91.2 Å². The van der Waals surface area contributed by atoms with Crippen LogP contribution in [0.2, 0.25) is 0 Å². The van der Waals surface area contributed by atoms with Crippen molar-refractivity contribution < 1.29 is 14.3 Å². The van der Waals surface area contributed by atoms with Gasteiger partial charge in [0.1, 0.15) is 0 Å². The number of benzene rings is 2. The number of hydrogen-bond donors (Lipinski definition) is 2. The zero-order chi connectivity index (χ0) is 15.9. The van der Waals surface area contributed by atoms with E-state index in [-0.39, 0.29) is 0 Å². The Kier molecular flexibility index (Phi) is 4.73. The molecule has 2 rings (SSSR count). The van der Waals surface area contributed by atoms with Gasteiger partial charge < -0.3 is 15.4 Å². The van der Waals surface area contributed by atoms with E-state index in [1.165, 1.54) is 7.11 Å². The van der Waals surface area contributed by atoms with Crippen molar-refractivity contribution in [1.29, 1.82) is 5.26 Å². The van der Waals surface area contributed by atoms with Gasteiger partial charge in [0.25, 0.3) is 0 Å². The van der Waals surface area contributed by atoms with Gasteiger partial charge in [0.15, 0.2) is 0 Å². The number of carbonyl (C=O) groups excluding carboxylic acids is 2. The van der Waals surface area contributed by atoms with Crippen molar-refractivity contribution >= 4 is 23.4 Å². The Hall–Kier alpha value is -3.33. The molecule has 110 valence electrons. The van der Waals surface area contributed by atoms with Crippen LogP contribution in [0.4, 0.5) is 16.2 Å². The predicted molar refractivity (Wildman–Crippen MR) is 81.6 cm³/mol. The fourth-order valence-electron chi connectivity index (χ4n) is 1.73. The summed E-state index contributed by atoms with van der Waals surface area (Å²) in [5.74, 6) is -0.436. The van der Waals surface area contributed by atoms with Gasteiger partial charge >= 0.3 is 12.0 Å². The quantitative estimate of drug-likeness (QED) is 0.851. The van der Waals surface area contributed by atoms with E-state index in [1.807, 2.05) is 6.07 Å². The largest absolute Gasteiger partial charge is 0.465 e. The third-order valence-electron chi connectivity index (χ3n) is 2.84. The predicted octanol–water partition coefficient (Wildman–Crippen LogP) is 2.99. The smallest absolute Gasteiger partial charge is 0.337 e. The molecule has 0 heterocycles. The van der Waals surface area contributed by atoms with Gasteiger partial charge in [0.2, 0.25) is 0 Å². The molecule has 0 aliphatic rings. The van der Waals surface area contributed by atoms with E-state index in [0.29, 0.717) is 22.5 Å². The highest BCUT2D eigenvalue weighted by molar-refractivity contribution is 6.00. The van der Waals surface area contributed by atoms with Crippen molar-refractivity contribution in [2.24, 2.45) is 0 Å². The molecule has 2 N–H and O–H groups in total. The second-order valence-electron chi connectivity index (χ2n) is 4.34. The molecule has 0 aliphatic carbocycles. The molecule has 0 bridgehead atoms. The minimum Gasteiger partial charge on any atom is -0.465 e. The number of ether oxygens (including phenoxy) is 1. The van der Waals surface area contributed by atoms with Gasteiger partial charge in [-0.25, -0.2) is 9.59 Å². The Labute approximate surface area is 127 Å². The van der Waals surface area contributed by atoms with Crippen LogP contribution in [0, 0.1) is 11.3 Å². The Balaban J connectivity index is 1.96. The van der Waals surface area contributed by atoms with E-state index >= 15 is 0 Å². The maximum Gasteiger partial charge on any atom is 0.337 e. The second-order valence-corrected chi connectivity index (χ2v) is 4.34. The van der Waals surface area contributed by atoms with Crippen LogP contribution in [-0.2, 0) is 4.74 Å². The van der Waals surface area contributed by atoms with E-state index in [1.54, 1.807) is 48.5 Å². The molecule has 0 spiro atoms. The number of carbonyl (C=O) groups is 2. The van der Waals surface area contributed by atoms with Gasteiger partial charge in [-0.3, -0.25) is 0 Å². The van der Waals surface area contributed by atoms with Gasteiger partial charge in [0.05, 0.1) is 24.3 Å². The fraction of sp³-hybridized carbons (Fsp3) is 0.0625. The highest BCUT2D eigenvalue weighted by Crippen LogP contribution is 2.12. The van der Waals surface area contributed by atoms with Gasteiger partial charge in [-0.15, -0.1) is 0 Å². The molecule has 6 nitrogen and oxygen atoms in total. The van der Waals surface area contributed by atoms with Crippen LogP contribution in [0.15, 0.2) is 48.5 Å². The minimum atomic E-state index is -0.436. The number of rotatable bonds is 3. The van der Waals surface area contributed by atoms with Crippen molar-refractivity contribution in [3.05, 3.63) is 59.7 Å². The molecule has 0 aliphatic heterocycles. The molecule has 0 saturated heterocycles. The number of hydrogen-bond acceptors (Lipinski definition) is 4. The zero-order valence-corrected chi connectivity index (χ0v) is 11.8. The highest BCUT2D eigenvalue weighted by Gasteiger charge is 2.06. The van der Waals surface area contributed by atoms with E-state index in [0.717, 1.165) is 0 Å². The standard InChI is InChI=1S/C16H13N3O3/c1-22-15(20)12-4-8-14(9-5-12)19-16(21)18-13-6-2-11(10-17)3-7-13/h2-9H,1H3,(H2,18,19,21). The van der Waals surface area contributed by atoms with Crippen molar-refractivity contribution in [1.82, 2.24) is 0 Å². The summed E-state index contributed by atoms with van der Waals surface area (Å²) in [6.07, 6.45) is 0. The SMILES string of the molecule is COC(=O)c1ccc(NC(=O)Nc2ccc(C#N)cc2)cc1. The molecule has 2 aromatic carbocycles. The van der Waals surface area contributed by atoms with E-state index in [9.17, 15) is 9.59 Å². The van der Waals surface area contributed by atoms with Crippen LogP contribution in [0.3, 0.4) is 0 Å². The van der Waals surface area contributed by atoms with E-state index in [4.69, 9.17) is 5.26 Å². The number of amides is 2. The summed E-state index contributed by atoms with van der Waals surface area (Å²) < 4.78 is 4.59. The normalized spacial score (nSPS) is 9.45. The summed E-state index contributed by atoms with van der Waals surface area (Å²) in [4.78, 5) is 23.1. The van der Waals surface area contributed by atoms with Crippen molar-refractivity contribution in [2.45, 2.75) is 0 Å². The Morgan fingerprint density at radius 2 is 1.45 bits per heavy atom. The monoisotopic (exact) mass is 295 g/mol. The average Bonchev–Trinajstić information content (AvgIpc) is 2.55. The molecular formula is C16H13N3O3. The lowest BCUT2D eigenvalue weighted by molar-refractivity contribution is 0.0601. The van der Waals surface area contributed by atoms with Crippen LogP contribution in [0.25, 0.3) is 0 Å². The summed E-state index contributed by atoms with van der Waals surface area (Å²) in [6.45, 7) is 0. The van der Waals surface area contributed by atoms with Gasteiger partial charge in [-0.1, -0.05) is 0 Å². The summed E-state index contributed by atoms with van der Waals surface area (Å²) in [7, 11) is 1.31. The molecule has 0 unspecified atom stereocenters. The first-order chi connectivity index (χ1) is 10.6. The number of nitriles is 1. The summed E-state index contributed by atoms with van der Waals surface area (Å²) in [5.41, 5.74) is 2.03. The minimum absolute atomic E-state index is 0.403. The van der Waals surface area contributed by atoms with Crippen molar-refractivity contribution in [3.63, 3.8) is 0 Å². The molecule has 0 aromatic heterocycles. The Morgan fingerprint density at radius 3 is 1.91 bits per heavy atom. The van der Waals surface area contributed by atoms with E-state index < -0.39 is 12.0 Å². The Bertz CT molecular complexity index is 716. The lowest BCUT2D eigenvalue weighted by Gasteiger charge is -2.08. The van der Waals surface area contributed by atoms with Gasteiger partial charge in [0, 0.05) is 11.4 Å². The highest BCUT2D eigenvalue weighted by atomic mass is 16.5. The molecule has 0 radical (unpaired) electrons. The number of methoxy groups -OCH3 is 1. The number of urea groups is 1. The lowest BCUT2D eigenvalue weighted by Crippen LogP contribution is -2.19. The first-order valence-corrected chi connectivity index (χ1v) is 6.39. The molecule has 2 amide bonds. The van der Waals surface area contributed by atoms with Gasteiger partial charge in [-0.05, 0) is 48.5 Å². The lowest BCUT2D eigenvalue weighted by atomic mass is 10.2. The maximum atomic E-state index is 11.8. The Morgan fingerprint density at radius 1 is 0.955 bits per heavy atom. The molecule has 22 heavy (non-hydrogen) atoms. The maximum absolute atomic E-state index is 11.8. The van der Waals surface area contributed by atoms with Crippen LogP contribution in [-0.4, -0.2) is 19.1 Å². The van der Waals surface area contributed by atoms with Crippen LogP contribution in [0.5, 0.6) is 0 Å². The zero-order valence-electron chi connectivity index (χ0n) is 11.8. The van der Waals surface area contributed by atoms with E-state index in [2.05, 4.69) is 15.4 Å². The summed E-state index contributed by atoms with van der Waals surface area (Å²) in [5, 5.41) is 14.0. The number of nitrogens with zero attached hydrogens (tertiary/aromatic N) is 1. The van der Waals surface area contributed by atoms with Crippen LogP contribution < -0.4 is 10.6 Å². The fourth-order valence-corrected chi connectivity index (χ4v) is 1.73. The summed E-state index contributed by atoms with van der Waals surface area (Å²) in [6, 6.07) is 14.4. The summed E-state index contributed by atoms with van der Waals surface area (Å²) >= 11 is 0.